The van der Waals surface area contributed by atoms with Crippen LogP contribution in [0.4, 0.5) is 0 Å². The van der Waals surface area contributed by atoms with Crippen LogP contribution in [0.25, 0.3) is 0 Å². The molecule has 5 nitrogen and oxygen atoms in total. The Hall–Kier alpha value is -0.0831. The Bertz CT molecular complexity index is 162. The smallest absolute Gasteiger partial charge is 0.451 e. The molecule has 0 aromatic carbocycles. The van der Waals surface area contributed by atoms with E-state index in [1.807, 2.05) is 0 Å². The van der Waals surface area contributed by atoms with Gasteiger partial charge in [-0.15, -0.1) is 0 Å². The zero-order chi connectivity index (χ0) is 10.5. The normalized spacial score (nSPS) is 13.9. The van der Waals surface area contributed by atoms with Gasteiger partial charge in [-0.1, -0.05) is 0 Å². The fourth-order valence-corrected chi connectivity index (χ4v) is 1.91. The van der Waals surface area contributed by atoms with E-state index in [0.717, 1.165) is 0 Å². The molecule has 1 unspecified atom stereocenters. The molecule has 0 aliphatic carbocycles. The van der Waals surface area contributed by atoms with E-state index in [1.54, 1.807) is 6.92 Å². The summed E-state index contributed by atoms with van der Waals surface area (Å²) in [5, 5.41) is -0.535. The second-order valence-electron chi connectivity index (χ2n) is 2.21. The summed E-state index contributed by atoms with van der Waals surface area (Å²) in [6.07, 6.45) is 0. The van der Waals surface area contributed by atoms with Crippen LogP contribution in [-0.4, -0.2) is 41.6 Å². The maximum Gasteiger partial charge on any atom is 0.750 e. The SMILES string of the molecule is CO[Si](OC)(OC)OC(=O)C(C)S. The monoisotopic (exact) mass is 226 g/mol. The molecule has 13 heavy (non-hydrogen) atoms. The Balaban J connectivity index is 4.33. The second kappa shape index (κ2) is 5.61. The zero-order valence-electron chi connectivity index (χ0n) is 8.07. The molecule has 0 bridgehead atoms. The van der Waals surface area contributed by atoms with Crippen LogP contribution in [0.3, 0.4) is 0 Å². The minimum absolute atomic E-state index is 0.527. The summed E-state index contributed by atoms with van der Waals surface area (Å²) in [4.78, 5) is 11.1. The molecule has 0 fully saturated rings. The van der Waals surface area contributed by atoms with E-state index in [1.165, 1.54) is 21.3 Å². The predicted octanol–water partition coefficient (Wildman–Crippen LogP) is 0.223. The summed E-state index contributed by atoms with van der Waals surface area (Å²) < 4.78 is 19.5. The molecule has 78 valence electrons. The second-order valence-corrected chi connectivity index (χ2v) is 5.41. The van der Waals surface area contributed by atoms with Gasteiger partial charge in [-0.3, -0.25) is 4.79 Å². The number of hydrogen-bond acceptors (Lipinski definition) is 6. The predicted molar refractivity (Wildman–Crippen MR) is 51.3 cm³/mol. The molecule has 0 saturated heterocycles. The van der Waals surface area contributed by atoms with E-state index < -0.39 is 20.3 Å². The van der Waals surface area contributed by atoms with Gasteiger partial charge in [0.25, 0.3) is 0 Å². The van der Waals surface area contributed by atoms with Crippen LogP contribution < -0.4 is 0 Å². The fourth-order valence-electron chi connectivity index (χ4n) is 0.583. The molecule has 0 saturated carbocycles. The molecule has 7 heteroatoms. The molecule has 0 spiro atoms. The average molecular weight is 226 g/mol. The minimum Gasteiger partial charge on any atom is -0.451 e. The molecule has 0 aromatic heterocycles. The first-order valence-electron chi connectivity index (χ1n) is 3.57. The lowest BCUT2D eigenvalue weighted by Gasteiger charge is -2.22. The van der Waals surface area contributed by atoms with Gasteiger partial charge < -0.3 is 17.7 Å². The Labute approximate surface area is 84.2 Å². The third-order valence-corrected chi connectivity index (χ3v) is 3.48. The third kappa shape index (κ3) is 3.65. The van der Waals surface area contributed by atoms with Crippen LogP contribution in [0.1, 0.15) is 6.92 Å². The third-order valence-electron chi connectivity index (χ3n) is 1.32. The summed E-state index contributed by atoms with van der Waals surface area (Å²) >= 11 is 3.90. The molecule has 0 radical (unpaired) electrons. The summed E-state index contributed by atoms with van der Waals surface area (Å²) in [5.74, 6) is -0.527. The summed E-state index contributed by atoms with van der Waals surface area (Å²) in [7, 11) is 0.829. The van der Waals surface area contributed by atoms with Crippen LogP contribution in [0.2, 0.25) is 0 Å². The van der Waals surface area contributed by atoms with Gasteiger partial charge in [-0.2, -0.15) is 12.6 Å². The van der Waals surface area contributed by atoms with E-state index >= 15 is 0 Å². The highest BCUT2D eigenvalue weighted by Gasteiger charge is 2.47. The van der Waals surface area contributed by atoms with Gasteiger partial charge in [0.05, 0.1) is 5.25 Å². The van der Waals surface area contributed by atoms with Gasteiger partial charge in [-0.25, -0.2) is 0 Å². The quantitative estimate of drug-likeness (QED) is 0.537. The number of rotatable bonds is 5. The van der Waals surface area contributed by atoms with Crippen molar-refractivity contribution in [1.82, 2.24) is 0 Å². The van der Waals surface area contributed by atoms with Crippen molar-refractivity contribution in [1.29, 1.82) is 0 Å². The van der Waals surface area contributed by atoms with Gasteiger partial charge in [0.2, 0.25) is 0 Å². The standard InChI is InChI=1S/C6H14O5SSi/c1-5(12)6(7)11-13(8-2,9-3)10-4/h5,12H,1-4H3. The van der Waals surface area contributed by atoms with Crippen molar-refractivity contribution in [3.8, 4) is 0 Å². The molecular weight excluding hydrogens is 212 g/mol. The Morgan fingerprint density at radius 1 is 1.23 bits per heavy atom. The largest absolute Gasteiger partial charge is 0.750 e. The van der Waals surface area contributed by atoms with Crippen LogP contribution in [0.15, 0.2) is 0 Å². The maximum atomic E-state index is 11.1. The summed E-state index contributed by atoms with van der Waals surface area (Å²) in [5.41, 5.74) is 0. The number of carbonyl (C=O) groups is 1. The van der Waals surface area contributed by atoms with Crippen molar-refractivity contribution in [3.05, 3.63) is 0 Å². The van der Waals surface area contributed by atoms with Gasteiger partial charge in [0, 0.05) is 21.3 Å². The van der Waals surface area contributed by atoms with Gasteiger partial charge in [0.15, 0.2) is 0 Å². The lowest BCUT2D eigenvalue weighted by Crippen LogP contribution is -2.49. The lowest BCUT2D eigenvalue weighted by molar-refractivity contribution is -0.141. The van der Waals surface area contributed by atoms with E-state index in [-0.39, 0.29) is 0 Å². The minimum atomic E-state index is -3.24. The fraction of sp³-hybridized carbons (Fsp3) is 0.833. The van der Waals surface area contributed by atoms with E-state index in [9.17, 15) is 4.79 Å². The van der Waals surface area contributed by atoms with Crippen molar-refractivity contribution >= 4 is 27.6 Å². The molecule has 0 rings (SSSR count). The van der Waals surface area contributed by atoms with Crippen LogP contribution >= 0.6 is 12.6 Å². The van der Waals surface area contributed by atoms with E-state index in [4.69, 9.17) is 17.7 Å². The molecular formula is C6H14O5SSi. The topological polar surface area (TPSA) is 54.0 Å². The highest BCUT2D eigenvalue weighted by Crippen LogP contribution is 2.10. The highest BCUT2D eigenvalue weighted by atomic mass is 32.1. The number of thiol groups is 1. The molecule has 0 aliphatic rings. The van der Waals surface area contributed by atoms with Crippen LogP contribution in [0, 0.1) is 0 Å². The van der Waals surface area contributed by atoms with Crippen molar-refractivity contribution in [2.24, 2.45) is 0 Å². The highest BCUT2D eigenvalue weighted by molar-refractivity contribution is 7.81. The van der Waals surface area contributed by atoms with Crippen molar-refractivity contribution in [2.75, 3.05) is 21.3 Å². The molecule has 0 amide bonds. The van der Waals surface area contributed by atoms with E-state index in [0.29, 0.717) is 0 Å². The Kier molecular flexibility index (Phi) is 5.57. The Morgan fingerprint density at radius 2 is 1.62 bits per heavy atom. The Morgan fingerprint density at radius 3 is 1.85 bits per heavy atom. The van der Waals surface area contributed by atoms with Crippen molar-refractivity contribution in [2.45, 2.75) is 12.2 Å². The van der Waals surface area contributed by atoms with E-state index in [2.05, 4.69) is 12.6 Å². The average Bonchev–Trinajstić information content (AvgIpc) is 2.14. The molecule has 0 N–H and O–H groups in total. The summed E-state index contributed by atoms with van der Waals surface area (Å²) in [6, 6.07) is 0. The molecule has 1 atom stereocenters. The van der Waals surface area contributed by atoms with Crippen molar-refractivity contribution < 1.29 is 22.5 Å². The maximum absolute atomic E-state index is 11.1. The van der Waals surface area contributed by atoms with Crippen LogP contribution in [0.5, 0.6) is 0 Å². The van der Waals surface area contributed by atoms with Gasteiger partial charge in [0.1, 0.15) is 0 Å². The van der Waals surface area contributed by atoms with Gasteiger partial charge >= 0.3 is 15.0 Å². The van der Waals surface area contributed by atoms with Crippen LogP contribution in [-0.2, 0) is 22.5 Å². The van der Waals surface area contributed by atoms with Gasteiger partial charge in [-0.05, 0) is 6.92 Å². The zero-order valence-corrected chi connectivity index (χ0v) is 9.96. The first kappa shape index (κ1) is 12.9. The van der Waals surface area contributed by atoms with Crippen molar-refractivity contribution in [3.63, 3.8) is 0 Å². The number of hydrogen-bond donors (Lipinski definition) is 1. The molecule has 0 aliphatic heterocycles. The molecule has 0 heterocycles. The number of carbonyl (C=O) groups excluding carboxylic acids is 1. The first-order chi connectivity index (χ1) is 6.01. The lowest BCUT2D eigenvalue weighted by atomic mass is 10.5. The first-order valence-corrected chi connectivity index (χ1v) is 5.72. The summed E-state index contributed by atoms with van der Waals surface area (Å²) in [6.45, 7) is 1.59. The molecule has 0 aromatic rings.